The van der Waals surface area contributed by atoms with Crippen LogP contribution in [0.1, 0.15) is 40.3 Å². The highest BCUT2D eigenvalue weighted by atomic mass is 32.1. The van der Waals surface area contributed by atoms with E-state index in [2.05, 4.69) is 18.2 Å². The van der Waals surface area contributed by atoms with Crippen LogP contribution in [-0.2, 0) is 13.0 Å². The third-order valence-electron chi connectivity index (χ3n) is 7.85. The Kier molecular flexibility index (Phi) is 6.80. The fourth-order valence-corrected chi connectivity index (χ4v) is 6.74. The highest BCUT2D eigenvalue weighted by Gasteiger charge is 2.32. The van der Waals surface area contributed by atoms with E-state index in [0.29, 0.717) is 20.6 Å². The average molecular weight is 575 g/mol. The zero-order valence-electron chi connectivity index (χ0n) is 22.9. The molecule has 1 aliphatic heterocycles. The molecule has 0 N–H and O–H groups in total. The Hall–Kier alpha value is -4.75. The Balaban J connectivity index is 1.36. The number of aromatic nitrogens is 1. The average Bonchev–Trinajstić information content (AvgIpc) is 3.34. The number of aryl methyl sites for hydroxylation is 1. The molecule has 1 aromatic heterocycles. The molecular formula is C35H27FN2O3S. The summed E-state index contributed by atoms with van der Waals surface area (Å²) in [5, 5.41) is 0. The molecular weight excluding hydrogens is 547 g/mol. The summed E-state index contributed by atoms with van der Waals surface area (Å²) in [4.78, 5) is 19.9. The summed E-state index contributed by atoms with van der Waals surface area (Å²) >= 11 is 1.37. The molecule has 1 atom stereocenters. The van der Waals surface area contributed by atoms with Gasteiger partial charge in [-0.15, -0.1) is 0 Å². The monoisotopic (exact) mass is 574 g/mol. The van der Waals surface area contributed by atoms with E-state index in [1.807, 2.05) is 65.2 Å². The van der Waals surface area contributed by atoms with E-state index < -0.39 is 0 Å². The number of hydrogen-bond donors (Lipinski definition) is 0. The first kappa shape index (κ1) is 26.2. The van der Waals surface area contributed by atoms with E-state index in [9.17, 15) is 9.18 Å². The van der Waals surface area contributed by atoms with Crippen molar-refractivity contribution in [2.75, 3.05) is 7.11 Å². The molecule has 208 valence electrons. The van der Waals surface area contributed by atoms with Crippen LogP contribution in [0.4, 0.5) is 4.39 Å². The largest absolute Gasteiger partial charge is 0.497 e. The fourth-order valence-electron chi connectivity index (χ4n) is 5.75. The lowest BCUT2D eigenvalue weighted by Crippen LogP contribution is -2.38. The molecule has 0 radical (unpaired) electrons. The molecule has 0 saturated heterocycles. The number of hydrogen-bond acceptors (Lipinski definition) is 5. The molecule has 0 saturated carbocycles. The number of rotatable bonds is 6. The van der Waals surface area contributed by atoms with Crippen LogP contribution in [-0.4, -0.2) is 11.7 Å². The van der Waals surface area contributed by atoms with Crippen LogP contribution in [0.2, 0.25) is 0 Å². The number of nitrogens with zero attached hydrogens (tertiary/aromatic N) is 2. The van der Waals surface area contributed by atoms with Crippen molar-refractivity contribution in [1.29, 1.82) is 0 Å². The molecule has 1 aliphatic carbocycles. The van der Waals surface area contributed by atoms with Gasteiger partial charge < -0.3 is 9.47 Å². The van der Waals surface area contributed by atoms with Gasteiger partial charge in [0, 0.05) is 16.7 Å². The van der Waals surface area contributed by atoms with Crippen molar-refractivity contribution in [2.24, 2.45) is 4.99 Å². The van der Waals surface area contributed by atoms with E-state index in [4.69, 9.17) is 14.5 Å². The molecule has 2 heterocycles. The van der Waals surface area contributed by atoms with Gasteiger partial charge in [-0.3, -0.25) is 9.36 Å². The summed E-state index contributed by atoms with van der Waals surface area (Å²) < 4.78 is 28.0. The molecule has 0 bridgehead atoms. The number of methoxy groups -OCH3 is 1. The zero-order chi connectivity index (χ0) is 28.6. The molecule has 0 spiro atoms. The lowest BCUT2D eigenvalue weighted by Gasteiger charge is -2.30. The van der Waals surface area contributed by atoms with Crippen LogP contribution in [0.25, 0.3) is 11.8 Å². The van der Waals surface area contributed by atoms with Crippen LogP contribution in [0.15, 0.2) is 112 Å². The van der Waals surface area contributed by atoms with Gasteiger partial charge in [0.05, 0.1) is 23.4 Å². The third kappa shape index (κ3) is 4.65. The first-order valence-corrected chi connectivity index (χ1v) is 14.6. The predicted molar refractivity (Wildman–Crippen MR) is 163 cm³/mol. The van der Waals surface area contributed by atoms with Crippen molar-refractivity contribution in [2.45, 2.75) is 25.5 Å². The van der Waals surface area contributed by atoms with Gasteiger partial charge in [-0.1, -0.05) is 84.1 Å². The maximum Gasteiger partial charge on any atom is 0.271 e. The van der Waals surface area contributed by atoms with Crippen molar-refractivity contribution < 1.29 is 13.9 Å². The summed E-state index contributed by atoms with van der Waals surface area (Å²) in [6.45, 7) is 0.0857. The first-order chi connectivity index (χ1) is 20.6. The second kappa shape index (κ2) is 10.9. The molecule has 0 unspecified atom stereocenters. The normalized spacial score (nSPS) is 15.9. The smallest absolute Gasteiger partial charge is 0.271 e. The van der Waals surface area contributed by atoms with Gasteiger partial charge in [-0.05, 0) is 59.9 Å². The number of thiazole rings is 1. The molecule has 42 heavy (non-hydrogen) atoms. The lowest BCUT2D eigenvalue weighted by molar-refractivity contribution is 0.299. The van der Waals surface area contributed by atoms with E-state index in [1.165, 1.54) is 23.0 Å². The number of para-hydroxylation sites is 1. The number of ether oxygens (including phenoxy) is 2. The molecule has 0 fully saturated rings. The van der Waals surface area contributed by atoms with Crippen LogP contribution in [0.5, 0.6) is 11.5 Å². The maximum atomic E-state index is 14.2. The summed E-state index contributed by atoms with van der Waals surface area (Å²) in [5.74, 6) is 1.03. The Morgan fingerprint density at radius 2 is 1.71 bits per heavy atom. The maximum absolute atomic E-state index is 14.2. The number of fused-ring (bicyclic) bond motifs is 3. The summed E-state index contributed by atoms with van der Waals surface area (Å²) in [6, 6.07) is 30.1. The SMILES string of the molecule is COc1ccc([C@@H]2C3=C(N=c4s/c(=C/c5ccccc5OCc5ccccc5F)c(=O)n42)c2ccccc2CC3)cc1. The van der Waals surface area contributed by atoms with Crippen molar-refractivity contribution in [3.05, 3.63) is 156 Å². The molecule has 7 rings (SSSR count). The summed E-state index contributed by atoms with van der Waals surface area (Å²) in [7, 11) is 1.65. The van der Waals surface area contributed by atoms with Crippen LogP contribution >= 0.6 is 11.3 Å². The molecule has 5 aromatic rings. The van der Waals surface area contributed by atoms with E-state index in [0.717, 1.165) is 46.6 Å². The minimum absolute atomic E-state index is 0.0857. The van der Waals surface area contributed by atoms with Crippen molar-refractivity contribution >= 4 is 23.1 Å². The summed E-state index contributed by atoms with van der Waals surface area (Å²) in [5.41, 5.74) is 6.62. The molecule has 7 heteroatoms. The second-order valence-electron chi connectivity index (χ2n) is 10.3. The van der Waals surface area contributed by atoms with Crippen LogP contribution in [0, 0.1) is 5.82 Å². The van der Waals surface area contributed by atoms with Gasteiger partial charge in [-0.2, -0.15) is 0 Å². The fraction of sp³-hybridized carbons (Fsp3) is 0.143. The topological polar surface area (TPSA) is 52.8 Å². The quantitative estimate of drug-likeness (QED) is 0.248. The molecule has 0 amide bonds. The van der Waals surface area contributed by atoms with Gasteiger partial charge in [0.2, 0.25) is 0 Å². The summed E-state index contributed by atoms with van der Waals surface area (Å²) in [6.07, 6.45) is 3.57. The van der Waals surface area contributed by atoms with Crippen molar-refractivity contribution in [3.63, 3.8) is 0 Å². The highest BCUT2D eigenvalue weighted by molar-refractivity contribution is 7.07. The van der Waals surface area contributed by atoms with E-state index in [-0.39, 0.29) is 24.0 Å². The number of halogens is 1. The van der Waals surface area contributed by atoms with Gasteiger partial charge >= 0.3 is 0 Å². The molecule has 4 aromatic carbocycles. The lowest BCUT2D eigenvalue weighted by atomic mass is 9.83. The second-order valence-corrected chi connectivity index (χ2v) is 11.3. The standard InChI is InChI=1S/C35H27FN2O3S/c1-40-26-17-14-23(15-18-26)33-28-19-16-22-8-2-5-11-27(22)32(28)37-35-38(33)34(39)31(42-35)20-24-9-4-7-13-30(24)41-21-25-10-3-6-12-29(25)36/h2-15,17-18,20,33H,16,19,21H2,1H3/b31-20+/t33-/m1/s1. The van der Waals surface area contributed by atoms with Crippen molar-refractivity contribution in [3.8, 4) is 11.5 Å². The molecule has 2 aliphatic rings. The van der Waals surface area contributed by atoms with E-state index in [1.54, 1.807) is 25.3 Å². The minimum atomic E-state index is -0.313. The van der Waals surface area contributed by atoms with Crippen LogP contribution < -0.4 is 24.4 Å². The highest BCUT2D eigenvalue weighted by Crippen LogP contribution is 2.41. The van der Waals surface area contributed by atoms with Gasteiger partial charge in [0.15, 0.2) is 4.80 Å². The predicted octanol–water partition coefficient (Wildman–Crippen LogP) is 6.05. The number of allylic oxidation sites excluding steroid dienone is 1. The Bertz CT molecular complexity index is 2020. The molecule has 5 nitrogen and oxygen atoms in total. The Morgan fingerprint density at radius 3 is 2.55 bits per heavy atom. The van der Waals surface area contributed by atoms with Gasteiger partial charge in [0.1, 0.15) is 23.9 Å². The van der Waals surface area contributed by atoms with Gasteiger partial charge in [0.25, 0.3) is 5.56 Å². The minimum Gasteiger partial charge on any atom is -0.497 e. The van der Waals surface area contributed by atoms with E-state index >= 15 is 0 Å². The zero-order valence-corrected chi connectivity index (χ0v) is 23.7. The number of benzene rings is 4. The Labute approximate surface area is 246 Å². The van der Waals surface area contributed by atoms with Crippen molar-refractivity contribution in [1.82, 2.24) is 4.57 Å². The van der Waals surface area contributed by atoms with Gasteiger partial charge in [-0.25, -0.2) is 9.38 Å². The first-order valence-electron chi connectivity index (χ1n) is 13.8. The Morgan fingerprint density at radius 1 is 0.952 bits per heavy atom. The van der Waals surface area contributed by atoms with Crippen LogP contribution in [0.3, 0.4) is 0 Å². The third-order valence-corrected chi connectivity index (χ3v) is 8.83.